The van der Waals surface area contributed by atoms with Crippen molar-refractivity contribution in [3.05, 3.63) is 47.0 Å². The predicted octanol–water partition coefficient (Wildman–Crippen LogP) is 3.01. The first-order valence-electron chi connectivity index (χ1n) is 9.36. The summed E-state index contributed by atoms with van der Waals surface area (Å²) in [5.74, 6) is 0.232. The molecular formula is C20H28N4OS. The lowest BCUT2D eigenvalue weighted by Crippen LogP contribution is -2.50. The van der Waals surface area contributed by atoms with Gasteiger partial charge in [0.05, 0.1) is 6.54 Å². The van der Waals surface area contributed by atoms with E-state index < -0.39 is 0 Å². The van der Waals surface area contributed by atoms with Gasteiger partial charge in [-0.15, -0.1) is 11.3 Å². The molecule has 0 saturated carbocycles. The van der Waals surface area contributed by atoms with Crippen LogP contribution in [0.5, 0.6) is 0 Å². The van der Waals surface area contributed by atoms with Gasteiger partial charge >= 0.3 is 0 Å². The second-order valence-electron chi connectivity index (χ2n) is 6.88. The number of thiazole rings is 1. The first-order valence-corrected chi connectivity index (χ1v) is 10.2. The summed E-state index contributed by atoms with van der Waals surface area (Å²) < 4.78 is 0. The Hall–Kier alpha value is -1.92. The van der Waals surface area contributed by atoms with Gasteiger partial charge in [-0.3, -0.25) is 9.69 Å². The van der Waals surface area contributed by atoms with Crippen molar-refractivity contribution in [3.63, 3.8) is 0 Å². The van der Waals surface area contributed by atoms with E-state index in [1.807, 2.05) is 16.5 Å². The molecule has 5 nitrogen and oxygen atoms in total. The number of hydrogen-bond acceptors (Lipinski definition) is 5. The van der Waals surface area contributed by atoms with Gasteiger partial charge in [-0.25, -0.2) is 4.98 Å². The number of carbonyl (C=O) groups excluding carboxylic acids is 1. The van der Waals surface area contributed by atoms with Crippen molar-refractivity contribution in [2.24, 2.45) is 0 Å². The maximum Gasteiger partial charge on any atom is 0.237 e. The summed E-state index contributed by atoms with van der Waals surface area (Å²) in [4.78, 5) is 23.8. The lowest BCUT2D eigenvalue weighted by atomic mass is 10.1. The van der Waals surface area contributed by atoms with E-state index in [2.05, 4.69) is 52.9 Å². The smallest absolute Gasteiger partial charge is 0.237 e. The van der Waals surface area contributed by atoms with Crippen LogP contribution in [0, 0.1) is 6.92 Å². The van der Waals surface area contributed by atoms with Crippen molar-refractivity contribution in [2.75, 3.05) is 44.2 Å². The average molecular weight is 373 g/mol. The molecule has 0 bridgehead atoms. The van der Waals surface area contributed by atoms with Crippen molar-refractivity contribution in [1.82, 2.24) is 14.8 Å². The minimum Gasteiger partial charge on any atom is -0.346 e. The summed E-state index contributed by atoms with van der Waals surface area (Å²) in [7, 11) is 0. The number of piperazine rings is 1. The summed E-state index contributed by atoms with van der Waals surface area (Å²) in [5, 5.41) is 3.10. The van der Waals surface area contributed by atoms with Crippen LogP contribution in [0.2, 0.25) is 0 Å². The number of rotatable bonds is 7. The molecule has 0 N–H and O–H groups in total. The lowest BCUT2D eigenvalue weighted by Gasteiger charge is -2.35. The normalized spacial score (nSPS) is 15.2. The monoisotopic (exact) mass is 372 g/mol. The summed E-state index contributed by atoms with van der Waals surface area (Å²) in [5.41, 5.74) is 2.45. The van der Waals surface area contributed by atoms with Crippen molar-refractivity contribution in [1.29, 1.82) is 0 Å². The van der Waals surface area contributed by atoms with E-state index in [-0.39, 0.29) is 5.91 Å². The molecule has 1 fully saturated rings. The van der Waals surface area contributed by atoms with E-state index >= 15 is 0 Å². The van der Waals surface area contributed by atoms with E-state index in [9.17, 15) is 4.79 Å². The van der Waals surface area contributed by atoms with Crippen LogP contribution in [0.25, 0.3) is 0 Å². The summed E-state index contributed by atoms with van der Waals surface area (Å²) in [6.07, 6.45) is 2.83. The fraction of sp³-hybridized carbons (Fsp3) is 0.500. The Kier molecular flexibility index (Phi) is 6.63. The molecule has 1 aliphatic heterocycles. The van der Waals surface area contributed by atoms with E-state index in [4.69, 9.17) is 0 Å². The van der Waals surface area contributed by atoms with Gasteiger partial charge < -0.3 is 9.80 Å². The predicted molar refractivity (Wildman–Crippen MR) is 108 cm³/mol. The maximum atomic E-state index is 12.8. The van der Waals surface area contributed by atoms with Gasteiger partial charge in [0.2, 0.25) is 5.91 Å². The molecule has 26 heavy (non-hydrogen) atoms. The van der Waals surface area contributed by atoms with Crippen molar-refractivity contribution in [3.8, 4) is 0 Å². The summed E-state index contributed by atoms with van der Waals surface area (Å²) in [6.45, 7) is 9.94. The molecule has 140 valence electrons. The Bertz CT molecular complexity index is 678. The molecule has 0 aliphatic carbocycles. The zero-order chi connectivity index (χ0) is 18.4. The second kappa shape index (κ2) is 9.14. The van der Waals surface area contributed by atoms with Crippen LogP contribution in [0.3, 0.4) is 0 Å². The fourth-order valence-electron chi connectivity index (χ4n) is 3.24. The molecule has 0 atom stereocenters. The summed E-state index contributed by atoms with van der Waals surface area (Å²) >= 11 is 1.68. The van der Waals surface area contributed by atoms with Gasteiger partial charge in [0, 0.05) is 50.8 Å². The molecule has 1 aromatic carbocycles. The molecule has 6 heteroatoms. The van der Waals surface area contributed by atoms with Crippen molar-refractivity contribution in [2.45, 2.75) is 26.8 Å². The van der Waals surface area contributed by atoms with Gasteiger partial charge in [-0.1, -0.05) is 36.8 Å². The van der Waals surface area contributed by atoms with Gasteiger partial charge in [0.1, 0.15) is 0 Å². The lowest BCUT2D eigenvalue weighted by molar-refractivity contribution is -0.133. The molecule has 1 aliphatic rings. The third-order valence-electron chi connectivity index (χ3n) is 4.76. The Balaban J connectivity index is 1.52. The van der Waals surface area contributed by atoms with Gasteiger partial charge in [0.25, 0.3) is 0 Å². The SMILES string of the molecule is CCCN(Cc1ccc(C)cc1)C(=O)CN1CCN(c2nccs2)CC1. The quantitative estimate of drug-likeness (QED) is 0.749. The van der Waals surface area contributed by atoms with E-state index in [0.717, 1.165) is 44.3 Å². The average Bonchev–Trinajstić information content (AvgIpc) is 3.18. The van der Waals surface area contributed by atoms with Gasteiger partial charge in [0.15, 0.2) is 5.13 Å². The van der Waals surface area contributed by atoms with Crippen LogP contribution >= 0.6 is 11.3 Å². The third kappa shape index (κ3) is 5.05. The van der Waals surface area contributed by atoms with E-state index in [1.54, 1.807) is 11.3 Å². The highest BCUT2D eigenvalue weighted by molar-refractivity contribution is 7.13. The van der Waals surface area contributed by atoms with Crippen molar-refractivity contribution < 1.29 is 4.79 Å². The molecular weight excluding hydrogens is 344 g/mol. The number of amides is 1. The van der Waals surface area contributed by atoms with Crippen LogP contribution in [0.1, 0.15) is 24.5 Å². The van der Waals surface area contributed by atoms with Gasteiger partial charge in [-0.2, -0.15) is 0 Å². The van der Waals surface area contributed by atoms with Crippen LogP contribution in [-0.2, 0) is 11.3 Å². The molecule has 1 amide bonds. The molecule has 1 saturated heterocycles. The highest BCUT2D eigenvalue weighted by Gasteiger charge is 2.22. The first-order chi connectivity index (χ1) is 12.7. The van der Waals surface area contributed by atoms with Crippen molar-refractivity contribution >= 4 is 22.4 Å². The second-order valence-corrected chi connectivity index (χ2v) is 7.75. The first kappa shape index (κ1) is 18.9. The van der Waals surface area contributed by atoms with E-state index in [0.29, 0.717) is 13.1 Å². The molecule has 0 radical (unpaired) electrons. The third-order valence-corrected chi connectivity index (χ3v) is 5.59. The number of carbonyl (C=O) groups is 1. The Morgan fingerprint density at radius 1 is 1.19 bits per heavy atom. The minimum atomic E-state index is 0.232. The molecule has 2 heterocycles. The van der Waals surface area contributed by atoms with Gasteiger partial charge in [-0.05, 0) is 18.9 Å². The molecule has 0 spiro atoms. The number of anilines is 1. The summed E-state index contributed by atoms with van der Waals surface area (Å²) in [6, 6.07) is 8.47. The Labute approximate surface area is 160 Å². The Morgan fingerprint density at radius 3 is 2.54 bits per heavy atom. The fourth-order valence-corrected chi connectivity index (χ4v) is 3.93. The highest BCUT2D eigenvalue weighted by Crippen LogP contribution is 2.19. The molecule has 1 aromatic heterocycles. The Morgan fingerprint density at radius 2 is 1.92 bits per heavy atom. The number of aryl methyl sites for hydroxylation is 1. The number of aromatic nitrogens is 1. The number of nitrogens with zero attached hydrogens (tertiary/aromatic N) is 4. The highest BCUT2D eigenvalue weighted by atomic mass is 32.1. The zero-order valence-corrected chi connectivity index (χ0v) is 16.5. The zero-order valence-electron chi connectivity index (χ0n) is 15.7. The van der Waals surface area contributed by atoms with E-state index in [1.165, 1.54) is 11.1 Å². The molecule has 0 unspecified atom stereocenters. The maximum absolute atomic E-state index is 12.8. The number of hydrogen-bond donors (Lipinski definition) is 0. The van der Waals surface area contributed by atoms with Crippen LogP contribution in [0.4, 0.5) is 5.13 Å². The number of benzene rings is 1. The largest absolute Gasteiger partial charge is 0.346 e. The van der Waals surface area contributed by atoms with Crippen LogP contribution < -0.4 is 4.90 Å². The van der Waals surface area contributed by atoms with Crippen LogP contribution in [0.15, 0.2) is 35.8 Å². The molecule has 3 rings (SSSR count). The standard InChI is InChI=1S/C20H28N4OS/c1-3-9-24(15-18-6-4-17(2)5-7-18)19(25)16-22-10-12-23(13-11-22)20-21-8-14-26-20/h4-8,14H,3,9-13,15-16H2,1-2H3. The topological polar surface area (TPSA) is 39.7 Å². The molecule has 2 aromatic rings. The van der Waals surface area contributed by atoms with Crippen LogP contribution in [-0.4, -0.2) is 60.0 Å². The minimum absolute atomic E-state index is 0.232.